The molecule has 0 bridgehead atoms. The van der Waals surface area contributed by atoms with Crippen molar-refractivity contribution in [2.75, 3.05) is 6.54 Å². The number of thiophene rings is 1. The van der Waals surface area contributed by atoms with Crippen molar-refractivity contribution in [1.82, 2.24) is 15.1 Å². The average Bonchev–Trinajstić information content (AvgIpc) is 3.27. The van der Waals surface area contributed by atoms with Gasteiger partial charge in [-0.25, -0.2) is 0 Å². The maximum Gasteiger partial charge on any atom is 0.264 e. The van der Waals surface area contributed by atoms with E-state index < -0.39 is 0 Å². The molecular formula is C20H22ClN3O2S. The lowest BCUT2D eigenvalue weighted by Crippen LogP contribution is -2.30. The maximum absolute atomic E-state index is 13.0. The third kappa shape index (κ3) is 4.39. The summed E-state index contributed by atoms with van der Waals surface area (Å²) >= 11 is 7.73. The quantitative estimate of drug-likeness (QED) is 0.531. The topological polar surface area (TPSA) is 59.2 Å². The van der Waals surface area contributed by atoms with E-state index in [4.69, 9.17) is 16.0 Å². The smallest absolute Gasteiger partial charge is 0.264 e. The molecule has 0 spiro atoms. The first-order chi connectivity index (χ1) is 13.0. The van der Waals surface area contributed by atoms with E-state index in [1.165, 1.54) is 10.4 Å². The van der Waals surface area contributed by atoms with Gasteiger partial charge in [0.05, 0.1) is 22.0 Å². The highest BCUT2D eigenvalue weighted by molar-refractivity contribution is 7.14. The van der Waals surface area contributed by atoms with Crippen LogP contribution in [0.2, 0.25) is 5.02 Å². The van der Waals surface area contributed by atoms with Gasteiger partial charge < -0.3 is 9.32 Å². The van der Waals surface area contributed by atoms with E-state index in [1.807, 2.05) is 31.2 Å². The number of hydrogen-bond acceptors (Lipinski definition) is 5. The molecule has 3 aromatic rings. The summed E-state index contributed by atoms with van der Waals surface area (Å²) in [5.74, 6) is 0.762. The highest BCUT2D eigenvalue weighted by atomic mass is 35.5. The summed E-state index contributed by atoms with van der Waals surface area (Å²) in [5, 5.41) is 8.74. The van der Waals surface area contributed by atoms with E-state index >= 15 is 0 Å². The molecule has 27 heavy (non-hydrogen) atoms. The Hall–Kier alpha value is -2.18. The molecule has 0 atom stereocenters. The van der Waals surface area contributed by atoms with Crippen molar-refractivity contribution in [2.45, 2.75) is 40.2 Å². The van der Waals surface area contributed by atoms with Gasteiger partial charge in [0.1, 0.15) is 0 Å². The van der Waals surface area contributed by atoms with Crippen LogP contribution in [0.4, 0.5) is 0 Å². The summed E-state index contributed by atoms with van der Waals surface area (Å²) < 4.78 is 5.77. The first kappa shape index (κ1) is 19.6. The van der Waals surface area contributed by atoms with Crippen LogP contribution in [0.1, 0.15) is 46.3 Å². The molecule has 0 saturated heterocycles. The molecule has 5 nitrogen and oxygen atoms in total. The van der Waals surface area contributed by atoms with Gasteiger partial charge in [0.15, 0.2) is 0 Å². The number of carbonyl (C=O) groups excluding carboxylic acids is 1. The summed E-state index contributed by atoms with van der Waals surface area (Å²) in [5.41, 5.74) is 1.91. The molecule has 1 aromatic carbocycles. The van der Waals surface area contributed by atoms with Crippen molar-refractivity contribution in [2.24, 2.45) is 0 Å². The fourth-order valence-electron chi connectivity index (χ4n) is 2.88. The SMILES string of the molecule is CCCN(Cc1nnc(-c2ccccc2Cl)o1)C(=O)c1cc(CC)c(C)s1. The average molecular weight is 404 g/mol. The minimum atomic E-state index is 0.00198. The number of carbonyl (C=O) groups is 1. The first-order valence-electron chi connectivity index (χ1n) is 8.99. The van der Waals surface area contributed by atoms with Crippen LogP contribution in [0.3, 0.4) is 0 Å². The van der Waals surface area contributed by atoms with E-state index in [-0.39, 0.29) is 12.5 Å². The minimum absolute atomic E-state index is 0.00198. The van der Waals surface area contributed by atoms with Crippen LogP contribution in [0.5, 0.6) is 0 Å². The number of nitrogens with zero attached hydrogens (tertiary/aromatic N) is 3. The van der Waals surface area contributed by atoms with Crippen LogP contribution < -0.4 is 0 Å². The van der Waals surface area contributed by atoms with Crippen LogP contribution >= 0.6 is 22.9 Å². The molecular weight excluding hydrogens is 382 g/mol. The Bertz CT molecular complexity index is 935. The van der Waals surface area contributed by atoms with Gasteiger partial charge in [0, 0.05) is 11.4 Å². The standard InChI is InChI=1S/C20H22ClN3O2S/c1-4-10-24(20(25)17-11-14(5-2)13(3)27-17)12-18-22-23-19(26-18)15-8-6-7-9-16(15)21/h6-9,11H,4-5,10,12H2,1-3H3. The predicted octanol–water partition coefficient (Wildman–Crippen LogP) is 5.37. The maximum atomic E-state index is 13.0. The molecule has 1 amide bonds. The Morgan fingerprint density at radius 1 is 1.26 bits per heavy atom. The first-order valence-corrected chi connectivity index (χ1v) is 10.2. The molecule has 0 radical (unpaired) electrons. The molecule has 2 aromatic heterocycles. The number of rotatable bonds is 7. The molecule has 2 heterocycles. The summed E-state index contributed by atoms with van der Waals surface area (Å²) in [7, 11) is 0. The molecule has 0 unspecified atom stereocenters. The Morgan fingerprint density at radius 2 is 2.04 bits per heavy atom. The lowest BCUT2D eigenvalue weighted by Gasteiger charge is -2.19. The van der Waals surface area contributed by atoms with Crippen molar-refractivity contribution in [3.63, 3.8) is 0 Å². The molecule has 0 fully saturated rings. The van der Waals surface area contributed by atoms with Crippen molar-refractivity contribution in [1.29, 1.82) is 0 Å². The van der Waals surface area contributed by atoms with Crippen molar-refractivity contribution in [3.8, 4) is 11.5 Å². The van der Waals surface area contributed by atoms with Gasteiger partial charge in [-0.1, -0.05) is 37.6 Å². The summed E-state index contributed by atoms with van der Waals surface area (Å²) in [6.07, 6.45) is 1.77. The summed E-state index contributed by atoms with van der Waals surface area (Å²) in [6, 6.07) is 9.31. The van der Waals surface area contributed by atoms with Gasteiger partial charge in [0.2, 0.25) is 11.8 Å². The number of aryl methyl sites for hydroxylation is 2. The normalized spacial score (nSPS) is 11.0. The Kier molecular flexibility index (Phi) is 6.29. The molecule has 142 valence electrons. The lowest BCUT2D eigenvalue weighted by atomic mass is 10.2. The van der Waals surface area contributed by atoms with Gasteiger partial charge in [-0.15, -0.1) is 21.5 Å². The number of aromatic nitrogens is 2. The van der Waals surface area contributed by atoms with E-state index in [0.29, 0.717) is 28.9 Å². The van der Waals surface area contributed by atoms with Crippen molar-refractivity contribution < 1.29 is 9.21 Å². The predicted molar refractivity (Wildman–Crippen MR) is 108 cm³/mol. The van der Waals surface area contributed by atoms with Gasteiger partial charge in [-0.05, 0) is 43.5 Å². The highest BCUT2D eigenvalue weighted by Crippen LogP contribution is 2.27. The number of halogens is 1. The zero-order valence-corrected chi connectivity index (χ0v) is 17.2. The second kappa shape index (κ2) is 8.67. The highest BCUT2D eigenvalue weighted by Gasteiger charge is 2.21. The van der Waals surface area contributed by atoms with Crippen LogP contribution in [-0.2, 0) is 13.0 Å². The third-order valence-corrected chi connectivity index (χ3v) is 5.70. The van der Waals surface area contributed by atoms with Gasteiger partial charge in [-0.2, -0.15) is 0 Å². The molecule has 0 aliphatic rings. The van der Waals surface area contributed by atoms with Crippen LogP contribution in [0.25, 0.3) is 11.5 Å². The van der Waals surface area contributed by atoms with Crippen LogP contribution in [0.15, 0.2) is 34.7 Å². The van der Waals surface area contributed by atoms with E-state index in [0.717, 1.165) is 17.7 Å². The molecule has 0 saturated carbocycles. The summed E-state index contributed by atoms with van der Waals surface area (Å²) in [6.45, 7) is 7.10. The fraction of sp³-hybridized carbons (Fsp3) is 0.350. The van der Waals surface area contributed by atoms with E-state index in [9.17, 15) is 4.79 Å². The fourth-order valence-corrected chi connectivity index (χ4v) is 4.18. The van der Waals surface area contributed by atoms with E-state index in [2.05, 4.69) is 24.0 Å². The Morgan fingerprint density at radius 3 is 2.70 bits per heavy atom. The van der Waals surface area contributed by atoms with Crippen molar-refractivity contribution in [3.05, 3.63) is 56.6 Å². The number of benzene rings is 1. The van der Waals surface area contributed by atoms with E-state index in [1.54, 1.807) is 22.3 Å². The van der Waals surface area contributed by atoms with Gasteiger partial charge in [0.25, 0.3) is 5.91 Å². The molecule has 0 aliphatic carbocycles. The van der Waals surface area contributed by atoms with Crippen molar-refractivity contribution >= 4 is 28.8 Å². The third-order valence-electron chi connectivity index (χ3n) is 4.29. The van der Waals surface area contributed by atoms with Crippen LogP contribution in [0, 0.1) is 6.92 Å². The van der Waals surface area contributed by atoms with Gasteiger partial charge >= 0.3 is 0 Å². The lowest BCUT2D eigenvalue weighted by molar-refractivity contribution is 0.0733. The number of amides is 1. The second-order valence-corrected chi connectivity index (χ2v) is 7.92. The zero-order valence-electron chi connectivity index (χ0n) is 15.7. The van der Waals surface area contributed by atoms with Crippen LogP contribution in [-0.4, -0.2) is 27.5 Å². The molecule has 0 N–H and O–H groups in total. The van der Waals surface area contributed by atoms with Gasteiger partial charge in [-0.3, -0.25) is 4.79 Å². The zero-order chi connectivity index (χ0) is 19.4. The molecule has 7 heteroatoms. The second-order valence-electron chi connectivity index (χ2n) is 6.25. The Labute approximate surface area is 168 Å². The Balaban J connectivity index is 1.80. The molecule has 0 aliphatic heterocycles. The summed E-state index contributed by atoms with van der Waals surface area (Å²) in [4.78, 5) is 16.7. The largest absolute Gasteiger partial charge is 0.419 e. The minimum Gasteiger partial charge on any atom is -0.419 e. The number of hydrogen-bond donors (Lipinski definition) is 0. The molecule has 3 rings (SSSR count). The monoisotopic (exact) mass is 403 g/mol.